The highest BCUT2D eigenvalue weighted by Crippen LogP contribution is 2.31. The van der Waals surface area contributed by atoms with Gasteiger partial charge in [0.05, 0.1) is 17.2 Å². The van der Waals surface area contributed by atoms with Crippen LogP contribution in [0.25, 0.3) is 0 Å². The number of carbonyl (C=O) groups excluding carboxylic acids is 1. The maximum absolute atomic E-state index is 12.5. The second kappa shape index (κ2) is 5.70. The van der Waals surface area contributed by atoms with Gasteiger partial charge in [-0.15, -0.1) is 0 Å². The molecule has 5 nitrogen and oxygen atoms in total. The molecule has 1 aliphatic carbocycles. The summed E-state index contributed by atoms with van der Waals surface area (Å²) in [5.41, 5.74) is 1.41. The van der Waals surface area contributed by atoms with E-state index < -0.39 is 10.0 Å². The first kappa shape index (κ1) is 15.0. The van der Waals surface area contributed by atoms with E-state index in [1.165, 1.54) is 31.2 Å². The van der Waals surface area contributed by atoms with E-state index in [1.807, 2.05) is 6.07 Å². The van der Waals surface area contributed by atoms with Crippen LogP contribution in [0.2, 0.25) is 0 Å². The fourth-order valence-electron chi connectivity index (χ4n) is 2.73. The summed E-state index contributed by atoms with van der Waals surface area (Å²) in [5, 5.41) is 0. The van der Waals surface area contributed by atoms with E-state index in [0.29, 0.717) is 5.56 Å². The summed E-state index contributed by atoms with van der Waals surface area (Å²) >= 11 is 0. The van der Waals surface area contributed by atoms with E-state index in [4.69, 9.17) is 4.42 Å². The summed E-state index contributed by atoms with van der Waals surface area (Å²) in [6.45, 7) is 1.45. The largest absolute Gasteiger partial charge is 0.469 e. The van der Waals surface area contributed by atoms with Crippen LogP contribution in [0.15, 0.2) is 45.9 Å². The van der Waals surface area contributed by atoms with Crippen LogP contribution in [-0.2, 0) is 16.4 Å². The van der Waals surface area contributed by atoms with Crippen LogP contribution in [0.5, 0.6) is 0 Å². The van der Waals surface area contributed by atoms with Gasteiger partial charge in [-0.05, 0) is 38.0 Å². The van der Waals surface area contributed by atoms with Crippen LogP contribution in [-0.4, -0.2) is 14.2 Å². The topological polar surface area (TPSA) is 76.4 Å². The fraction of sp³-hybridized carbons (Fsp3) is 0.312. The predicted molar refractivity (Wildman–Crippen MR) is 81.2 cm³/mol. The van der Waals surface area contributed by atoms with Gasteiger partial charge in [-0.3, -0.25) is 4.79 Å². The normalized spacial score (nSPS) is 18.0. The van der Waals surface area contributed by atoms with Crippen molar-refractivity contribution in [2.45, 2.75) is 37.1 Å². The number of fused-ring (bicyclic) bond motifs is 1. The van der Waals surface area contributed by atoms with Crippen LogP contribution in [0, 0.1) is 0 Å². The molecule has 1 aromatic heterocycles. The van der Waals surface area contributed by atoms with Crippen molar-refractivity contribution < 1.29 is 17.6 Å². The van der Waals surface area contributed by atoms with Crippen LogP contribution in [0.4, 0.5) is 0 Å². The first-order valence-corrected chi connectivity index (χ1v) is 8.65. The highest BCUT2D eigenvalue weighted by molar-refractivity contribution is 7.89. The molecule has 1 heterocycles. The quantitative estimate of drug-likeness (QED) is 0.879. The summed E-state index contributed by atoms with van der Waals surface area (Å²) in [6.07, 6.45) is 4.07. The Balaban J connectivity index is 1.84. The first-order valence-electron chi connectivity index (χ1n) is 7.17. The lowest BCUT2D eigenvalue weighted by Crippen LogP contribution is -2.30. The van der Waals surface area contributed by atoms with Crippen LogP contribution in [0.3, 0.4) is 0 Å². The number of hydrogen-bond donors (Lipinski definition) is 1. The Bertz CT molecular complexity index is 790. The minimum Gasteiger partial charge on any atom is -0.469 e. The van der Waals surface area contributed by atoms with Gasteiger partial charge < -0.3 is 4.42 Å². The highest BCUT2D eigenvalue weighted by Gasteiger charge is 2.27. The molecule has 116 valence electrons. The zero-order valence-corrected chi connectivity index (χ0v) is 13.0. The minimum absolute atomic E-state index is 0.0905. The van der Waals surface area contributed by atoms with Gasteiger partial charge in [0, 0.05) is 17.5 Å². The standard InChI is InChI=1S/C16H17NO4S/c1-11(18)12-5-7-13(8-6-12)22(19,20)17-15-3-2-4-16-14(15)9-10-21-16/h5-10,15,17H,2-4H2,1H3/t15-/m1/s1. The SMILES string of the molecule is CC(=O)c1ccc(S(=O)(=O)N[C@@H]2CCCc3occc32)cc1. The number of sulfonamides is 1. The summed E-state index contributed by atoms with van der Waals surface area (Å²) < 4.78 is 33.1. The molecule has 3 rings (SSSR count). The molecule has 0 unspecified atom stereocenters. The zero-order valence-electron chi connectivity index (χ0n) is 12.2. The number of nitrogens with one attached hydrogen (secondary N) is 1. The summed E-state index contributed by atoms with van der Waals surface area (Å²) in [5.74, 6) is 0.762. The predicted octanol–water partition coefficient (Wildman–Crippen LogP) is 2.84. The second-order valence-corrected chi connectivity index (χ2v) is 7.16. The summed E-state index contributed by atoms with van der Waals surface area (Å²) in [7, 11) is -3.63. The Morgan fingerprint density at radius 2 is 1.95 bits per heavy atom. The zero-order chi connectivity index (χ0) is 15.7. The molecule has 0 radical (unpaired) electrons. The van der Waals surface area contributed by atoms with E-state index in [0.717, 1.165) is 30.6 Å². The molecular weight excluding hydrogens is 302 g/mol. The molecule has 6 heteroatoms. The second-order valence-electron chi connectivity index (χ2n) is 5.45. The summed E-state index contributed by atoms with van der Waals surface area (Å²) in [6, 6.07) is 7.53. The van der Waals surface area contributed by atoms with Crippen LogP contribution in [0.1, 0.15) is 47.5 Å². The van der Waals surface area contributed by atoms with Gasteiger partial charge >= 0.3 is 0 Å². The molecule has 0 bridgehead atoms. The Morgan fingerprint density at radius 3 is 2.64 bits per heavy atom. The molecule has 1 aliphatic rings. The van der Waals surface area contributed by atoms with Crippen molar-refractivity contribution in [1.82, 2.24) is 4.72 Å². The van der Waals surface area contributed by atoms with Crippen LogP contribution < -0.4 is 4.72 Å². The number of carbonyl (C=O) groups is 1. The molecule has 0 saturated carbocycles. The van der Waals surface area contributed by atoms with E-state index in [2.05, 4.69) is 4.72 Å². The maximum Gasteiger partial charge on any atom is 0.241 e. The van der Waals surface area contributed by atoms with Crippen molar-refractivity contribution in [1.29, 1.82) is 0 Å². The number of ketones is 1. The van der Waals surface area contributed by atoms with Crippen molar-refractivity contribution in [2.24, 2.45) is 0 Å². The number of hydrogen-bond acceptors (Lipinski definition) is 4. The van der Waals surface area contributed by atoms with Gasteiger partial charge in [0.15, 0.2) is 5.78 Å². The van der Waals surface area contributed by atoms with E-state index >= 15 is 0 Å². The monoisotopic (exact) mass is 319 g/mol. The number of rotatable bonds is 4. The van der Waals surface area contributed by atoms with Crippen molar-refractivity contribution in [3.8, 4) is 0 Å². The number of Topliss-reactive ketones (excluding diaryl/α,β-unsaturated/α-hetero) is 1. The Labute approximate surface area is 129 Å². The van der Waals surface area contributed by atoms with Crippen molar-refractivity contribution >= 4 is 15.8 Å². The van der Waals surface area contributed by atoms with Gasteiger partial charge in [-0.1, -0.05) is 12.1 Å². The number of furan rings is 1. The lowest BCUT2D eigenvalue weighted by Gasteiger charge is -2.22. The van der Waals surface area contributed by atoms with Gasteiger partial charge in [-0.2, -0.15) is 0 Å². The first-order chi connectivity index (χ1) is 10.5. The maximum atomic E-state index is 12.5. The number of benzene rings is 1. The van der Waals surface area contributed by atoms with Crippen LogP contribution >= 0.6 is 0 Å². The minimum atomic E-state index is -3.63. The Kier molecular flexibility index (Phi) is 3.88. The molecule has 0 aliphatic heterocycles. The molecule has 0 fully saturated rings. The average molecular weight is 319 g/mol. The molecule has 1 aromatic carbocycles. The molecule has 0 spiro atoms. The Morgan fingerprint density at radius 1 is 1.23 bits per heavy atom. The lowest BCUT2D eigenvalue weighted by atomic mass is 9.94. The van der Waals surface area contributed by atoms with E-state index in [-0.39, 0.29) is 16.7 Å². The molecule has 0 saturated heterocycles. The summed E-state index contributed by atoms with van der Waals surface area (Å²) in [4.78, 5) is 11.4. The number of aryl methyl sites for hydroxylation is 1. The lowest BCUT2D eigenvalue weighted by molar-refractivity contribution is 0.101. The molecule has 0 amide bonds. The van der Waals surface area contributed by atoms with Gasteiger partial charge in [0.25, 0.3) is 0 Å². The van der Waals surface area contributed by atoms with Crippen molar-refractivity contribution in [3.05, 3.63) is 53.5 Å². The van der Waals surface area contributed by atoms with Crippen molar-refractivity contribution in [3.63, 3.8) is 0 Å². The van der Waals surface area contributed by atoms with Gasteiger partial charge in [0.1, 0.15) is 5.76 Å². The van der Waals surface area contributed by atoms with E-state index in [9.17, 15) is 13.2 Å². The van der Waals surface area contributed by atoms with Crippen molar-refractivity contribution in [2.75, 3.05) is 0 Å². The molecule has 1 atom stereocenters. The smallest absolute Gasteiger partial charge is 0.241 e. The third-order valence-electron chi connectivity index (χ3n) is 3.92. The molecule has 2 aromatic rings. The fourth-order valence-corrected chi connectivity index (χ4v) is 3.98. The highest BCUT2D eigenvalue weighted by atomic mass is 32.2. The average Bonchev–Trinajstić information content (AvgIpc) is 2.96. The molecule has 22 heavy (non-hydrogen) atoms. The third kappa shape index (κ3) is 2.84. The third-order valence-corrected chi connectivity index (χ3v) is 5.41. The molecular formula is C16H17NO4S. The molecule has 1 N–H and O–H groups in total. The van der Waals surface area contributed by atoms with Gasteiger partial charge in [-0.25, -0.2) is 13.1 Å². The van der Waals surface area contributed by atoms with E-state index in [1.54, 1.807) is 6.26 Å². The Hall–Kier alpha value is -1.92. The van der Waals surface area contributed by atoms with Gasteiger partial charge in [0.2, 0.25) is 10.0 Å².